The van der Waals surface area contributed by atoms with Crippen LogP contribution in [0.3, 0.4) is 0 Å². The van der Waals surface area contributed by atoms with Gasteiger partial charge in [0.15, 0.2) is 0 Å². The average molecular weight is 247 g/mol. The quantitative estimate of drug-likeness (QED) is 0.677. The van der Waals surface area contributed by atoms with Gasteiger partial charge in [0, 0.05) is 19.8 Å². The Hall–Kier alpha value is -0.860. The lowest BCUT2D eigenvalue weighted by atomic mass is 10.1. The summed E-state index contributed by atoms with van der Waals surface area (Å²) >= 11 is 0. The van der Waals surface area contributed by atoms with Crippen LogP contribution in [-0.2, 0) is 17.7 Å². The van der Waals surface area contributed by atoms with Gasteiger partial charge >= 0.3 is 0 Å². The van der Waals surface area contributed by atoms with Gasteiger partial charge in [-0.3, -0.25) is 0 Å². The Labute approximate surface area is 111 Å². The number of nitrogens with one attached hydrogen (secondary N) is 1. The lowest BCUT2D eigenvalue weighted by molar-refractivity contribution is 0.122. The Kier molecular flexibility index (Phi) is 5.69. The molecule has 2 nitrogen and oxygen atoms in total. The van der Waals surface area contributed by atoms with Gasteiger partial charge in [-0.25, -0.2) is 0 Å². The van der Waals surface area contributed by atoms with Crippen LogP contribution in [0.4, 0.5) is 0 Å². The zero-order valence-electron chi connectivity index (χ0n) is 11.5. The highest BCUT2D eigenvalue weighted by Crippen LogP contribution is 2.28. The van der Waals surface area contributed by atoms with E-state index in [-0.39, 0.29) is 0 Å². The van der Waals surface area contributed by atoms with Crippen LogP contribution in [0.15, 0.2) is 24.3 Å². The summed E-state index contributed by atoms with van der Waals surface area (Å²) in [4.78, 5) is 0. The molecule has 0 amide bonds. The minimum absolute atomic E-state index is 0.884. The van der Waals surface area contributed by atoms with E-state index in [0.29, 0.717) is 0 Å². The van der Waals surface area contributed by atoms with E-state index in [2.05, 4.69) is 36.5 Å². The van der Waals surface area contributed by atoms with Gasteiger partial charge in [0.2, 0.25) is 0 Å². The number of hydrogen-bond acceptors (Lipinski definition) is 2. The van der Waals surface area contributed by atoms with E-state index in [9.17, 15) is 0 Å². The van der Waals surface area contributed by atoms with Crippen molar-refractivity contribution in [2.24, 2.45) is 5.92 Å². The lowest BCUT2D eigenvalue weighted by Gasteiger charge is -2.06. The number of benzene rings is 1. The Morgan fingerprint density at radius 2 is 1.89 bits per heavy atom. The molecule has 0 spiro atoms. The van der Waals surface area contributed by atoms with Crippen LogP contribution in [0.2, 0.25) is 0 Å². The molecule has 1 fully saturated rings. The first-order valence-electron chi connectivity index (χ1n) is 7.24. The van der Waals surface area contributed by atoms with Gasteiger partial charge in [0.25, 0.3) is 0 Å². The average Bonchev–Trinajstić information content (AvgIpc) is 3.22. The third-order valence-electron chi connectivity index (χ3n) is 3.45. The van der Waals surface area contributed by atoms with E-state index < -0.39 is 0 Å². The molecule has 2 rings (SSSR count). The summed E-state index contributed by atoms with van der Waals surface area (Å²) in [5.41, 5.74) is 2.78. The van der Waals surface area contributed by atoms with Crippen molar-refractivity contribution in [1.82, 2.24) is 5.32 Å². The van der Waals surface area contributed by atoms with Crippen LogP contribution in [-0.4, -0.2) is 19.8 Å². The number of ether oxygens (including phenoxy) is 1. The van der Waals surface area contributed by atoms with Gasteiger partial charge in [-0.1, -0.05) is 31.2 Å². The minimum atomic E-state index is 0.884. The second-order valence-corrected chi connectivity index (χ2v) is 5.22. The van der Waals surface area contributed by atoms with Crippen molar-refractivity contribution in [3.63, 3.8) is 0 Å². The first kappa shape index (κ1) is 13.6. The molecule has 100 valence electrons. The SMILES string of the molecule is CCc1ccc(CNCCCOCC2CC2)cc1. The predicted octanol–water partition coefficient (Wildman–Crippen LogP) is 3.16. The van der Waals surface area contributed by atoms with Crippen LogP contribution in [0, 0.1) is 5.92 Å². The van der Waals surface area contributed by atoms with Gasteiger partial charge in [0.05, 0.1) is 0 Å². The fourth-order valence-corrected chi connectivity index (χ4v) is 1.96. The summed E-state index contributed by atoms with van der Waals surface area (Å²) in [7, 11) is 0. The molecule has 0 radical (unpaired) electrons. The maximum absolute atomic E-state index is 5.60. The predicted molar refractivity (Wildman–Crippen MR) is 75.7 cm³/mol. The second kappa shape index (κ2) is 7.55. The number of aryl methyl sites for hydroxylation is 1. The van der Waals surface area contributed by atoms with Gasteiger partial charge in [0.1, 0.15) is 0 Å². The Balaban J connectivity index is 1.48. The van der Waals surface area contributed by atoms with Crippen molar-refractivity contribution in [2.45, 2.75) is 39.2 Å². The fraction of sp³-hybridized carbons (Fsp3) is 0.625. The molecule has 1 aliphatic carbocycles. The first-order valence-corrected chi connectivity index (χ1v) is 7.24. The zero-order valence-corrected chi connectivity index (χ0v) is 11.5. The summed E-state index contributed by atoms with van der Waals surface area (Å²) in [6.45, 7) is 6.08. The highest BCUT2D eigenvalue weighted by atomic mass is 16.5. The summed E-state index contributed by atoms with van der Waals surface area (Å²) in [6, 6.07) is 8.87. The Morgan fingerprint density at radius 1 is 1.17 bits per heavy atom. The van der Waals surface area contributed by atoms with Crippen LogP contribution < -0.4 is 5.32 Å². The van der Waals surface area contributed by atoms with Crippen LogP contribution in [0.5, 0.6) is 0 Å². The van der Waals surface area contributed by atoms with Gasteiger partial charge in [-0.2, -0.15) is 0 Å². The largest absolute Gasteiger partial charge is 0.381 e. The van der Waals surface area contributed by atoms with E-state index in [1.165, 1.54) is 24.0 Å². The fourth-order valence-electron chi connectivity index (χ4n) is 1.96. The van der Waals surface area contributed by atoms with E-state index >= 15 is 0 Å². The molecule has 0 unspecified atom stereocenters. The molecule has 2 heteroatoms. The third-order valence-corrected chi connectivity index (χ3v) is 3.45. The first-order chi connectivity index (χ1) is 8.88. The smallest absolute Gasteiger partial charge is 0.0494 e. The summed E-state index contributed by atoms with van der Waals surface area (Å²) in [5.74, 6) is 0.884. The molecule has 0 bridgehead atoms. The normalized spacial score (nSPS) is 14.9. The van der Waals surface area contributed by atoms with E-state index in [1.54, 1.807) is 0 Å². The molecule has 0 heterocycles. The van der Waals surface area contributed by atoms with Crippen molar-refractivity contribution in [3.8, 4) is 0 Å². The van der Waals surface area contributed by atoms with E-state index in [0.717, 1.165) is 45.1 Å². The Morgan fingerprint density at radius 3 is 2.56 bits per heavy atom. The molecule has 1 aromatic rings. The van der Waals surface area contributed by atoms with E-state index in [4.69, 9.17) is 4.74 Å². The molecular formula is C16H25NO. The van der Waals surface area contributed by atoms with Crippen molar-refractivity contribution >= 4 is 0 Å². The molecule has 1 N–H and O–H groups in total. The molecular weight excluding hydrogens is 222 g/mol. The second-order valence-electron chi connectivity index (χ2n) is 5.22. The van der Waals surface area contributed by atoms with Crippen molar-refractivity contribution in [3.05, 3.63) is 35.4 Å². The van der Waals surface area contributed by atoms with Crippen LogP contribution in [0.25, 0.3) is 0 Å². The van der Waals surface area contributed by atoms with Crippen molar-refractivity contribution < 1.29 is 4.74 Å². The molecule has 1 aliphatic rings. The molecule has 1 aromatic carbocycles. The number of rotatable bonds is 9. The van der Waals surface area contributed by atoms with Crippen molar-refractivity contribution in [1.29, 1.82) is 0 Å². The maximum Gasteiger partial charge on any atom is 0.0494 e. The maximum atomic E-state index is 5.60. The summed E-state index contributed by atoms with van der Waals surface area (Å²) < 4.78 is 5.60. The van der Waals surface area contributed by atoms with Gasteiger partial charge < -0.3 is 10.1 Å². The molecule has 0 saturated heterocycles. The standard InChI is InChI=1S/C16H25NO/c1-2-14-4-6-15(7-5-14)12-17-10-3-11-18-13-16-8-9-16/h4-7,16-17H,2-3,8-13H2,1H3. The molecule has 18 heavy (non-hydrogen) atoms. The molecule has 0 aliphatic heterocycles. The molecule has 1 saturated carbocycles. The monoisotopic (exact) mass is 247 g/mol. The molecule has 0 aromatic heterocycles. The summed E-state index contributed by atoms with van der Waals surface area (Å²) in [6.07, 6.45) is 4.99. The molecule has 0 atom stereocenters. The Bertz CT molecular complexity index is 329. The van der Waals surface area contributed by atoms with E-state index in [1.807, 2.05) is 0 Å². The minimum Gasteiger partial charge on any atom is -0.381 e. The highest BCUT2D eigenvalue weighted by Gasteiger charge is 2.20. The lowest BCUT2D eigenvalue weighted by Crippen LogP contribution is -2.16. The van der Waals surface area contributed by atoms with Gasteiger partial charge in [-0.15, -0.1) is 0 Å². The van der Waals surface area contributed by atoms with Crippen LogP contribution >= 0.6 is 0 Å². The number of hydrogen-bond donors (Lipinski definition) is 1. The zero-order chi connectivity index (χ0) is 12.6. The topological polar surface area (TPSA) is 21.3 Å². The highest BCUT2D eigenvalue weighted by molar-refractivity contribution is 5.22. The van der Waals surface area contributed by atoms with Crippen molar-refractivity contribution in [2.75, 3.05) is 19.8 Å². The third kappa shape index (κ3) is 5.19. The van der Waals surface area contributed by atoms with Gasteiger partial charge in [-0.05, 0) is 49.3 Å². The van der Waals surface area contributed by atoms with Crippen LogP contribution in [0.1, 0.15) is 37.3 Å². The summed E-state index contributed by atoms with van der Waals surface area (Å²) in [5, 5.41) is 3.46.